The number of halogens is 2. The van der Waals surface area contributed by atoms with Crippen molar-refractivity contribution in [2.45, 2.75) is 16.5 Å². The van der Waals surface area contributed by atoms with Gasteiger partial charge in [0.25, 0.3) is 0 Å². The largest absolute Gasteiger partial charge is 0.497 e. The van der Waals surface area contributed by atoms with Crippen LogP contribution in [-0.4, -0.2) is 44.3 Å². The minimum Gasteiger partial charge on any atom is -0.497 e. The summed E-state index contributed by atoms with van der Waals surface area (Å²) in [4.78, 5) is 10.7. The van der Waals surface area contributed by atoms with Crippen LogP contribution < -0.4 is 15.2 Å². The van der Waals surface area contributed by atoms with Crippen LogP contribution >= 0.6 is 23.2 Å². The Morgan fingerprint density at radius 1 is 0.824 bits per heavy atom. The van der Waals surface area contributed by atoms with Gasteiger partial charge in [0.05, 0.1) is 20.8 Å². The molecule has 6 nitrogen and oxygen atoms in total. The Labute approximate surface area is 209 Å². The Bertz CT molecular complexity index is 996. The van der Waals surface area contributed by atoms with Crippen molar-refractivity contribution in [2.75, 3.05) is 27.4 Å². The lowest BCUT2D eigenvalue weighted by Gasteiger charge is -2.37. The molecule has 2 N–H and O–H groups in total. The molecule has 0 amide bonds. The summed E-state index contributed by atoms with van der Waals surface area (Å²) in [6.07, 6.45) is -0.757. The standard InChI is InChI=1S/C26H27Cl2NO5/c1-31-21-12-8-19(9-13-21)26(18-6-4-3-5-7-18,20-10-14-22(32-2)15-11-20)33-17-23(16-29)34-25(30)24(27)28/h3-15,23-24H,16-17,29H2,1-2H3. The van der Waals surface area contributed by atoms with E-state index >= 15 is 0 Å². The summed E-state index contributed by atoms with van der Waals surface area (Å²) >= 11 is 11.3. The minimum atomic E-state index is -1.31. The van der Waals surface area contributed by atoms with Crippen molar-refractivity contribution in [3.63, 3.8) is 0 Å². The third-order valence-electron chi connectivity index (χ3n) is 5.38. The molecule has 3 rings (SSSR count). The highest BCUT2D eigenvalue weighted by atomic mass is 35.5. The molecule has 0 aromatic heterocycles. The van der Waals surface area contributed by atoms with Gasteiger partial charge >= 0.3 is 5.97 Å². The maximum atomic E-state index is 12.0. The van der Waals surface area contributed by atoms with Gasteiger partial charge in [0.1, 0.15) is 23.2 Å². The highest BCUT2D eigenvalue weighted by molar-refractivity contribution is 6.52. The zero-order valence-corrected chi connectivity index (χ0v) is 20.5. The van der Waals surface area contributed by atoms with Gasteiger partial charge in [0.2, 0.25) is 4.84 Å². The highest BCUT2D eigenvalue weighted by Gasteiger charge is 2.39. The van der Waals surface area contributed by atoms with Crippen LogP contribution in [0.4, 0.5) is 0 Å². The Morgan fingerprint density at radius 3 is 1.71 bits per heavy atom. The third kappa shape index (κ3) is 5.83. The quantitative estimate of drug-likeness (QED) is 0.232. The molecule has 0 bridgehead atoms. The van der Waals surface area contributed by atoms with E-state index in [4.69, 9.17) is 47.9 Å². The first-order valence-electron chi connectivity index (χ1n) is 10.6. The lowest BCUT2D eigenvalue weighted by molar-refractivity contribution is -0.151. The summed E-state index contributed by atoms with van der Waals surface area (Å²) in [6.45, 7) is 0.0258. The molecule has 0 radical (unpaired) electrons. The number of ether oxygens (including phenoxy) is 4. The van der Waals surface area contributed by atoms with Crippen LogP contribution in [0.2, 0.25) is 0 Å². The number of benzene rings is 3. The number of nitrogens with two attached hydrogens (primary N) is 1. The second-order valence-electron chi connectivity index (χ2n) is 7.41. The zero-order valence-electron chi connectivity index (χ0n) is 18.9. The van der Waals surface area contributed by atoms with Crippen LogP contribution in [0.5, 0.6) is 11.5 Å². The highest BCUT2D eigenvalue weighted by Crippen LogP contribution is 2.41. The Morgan fingerprint density at radius 2 is 1.29 bits per heavy atom. The molecule has 1 atom stereocenters. The normalized spacial score (nSPS) is 12.3. The Balaban J connectivity index is 2.13. The Hall–Kier alpha value is -2.77. The van der Waals surface area contributed by atoms with Crippen LogP contribution in [-0.2, 0) is 19.9 Å². The first kappa shape index (κ1) is 25.8. The van der Waals surface area contributed by atoms with E-state index < -0.39 is 22.5 Å². The first-order chi connectivity index (χ1) is 16.4. The fraction of sp³-hybridized carbons (Fsp3) is 0.269. The number of hydrogen-bond acceptors (Lipinski definition) is 6. The summed E-state index contributed by atoms with van der Waals surface area (Å²) in [5, 5.41) is 0. The van der Waals surface area contributed by atoms with E-state index in [1.165, 1.54) is 0 Å². The first-order valence-corrected chi connectivity index (χ1v) is 11.5. The van der Waals surface area contributed by atoms with Crippen LogP contribution in [0.3, 0.4) is 0 Å². The fourth-order valence-electron chi connectivity index (χ4n) is 3.66. The van der Waals surface area contributed by atoms with Crippen LogP contribution in [0.25, 0.3) is 0 Å². The van der Waals surface area contributed by atoms with Gasteiger partial charge in [-0.2, -0.15) is 0 Å². The molecule has 3 aromatic rings. The van der Waals surface area contributed by atoms with Gasteiger partial charge in [0.15, 0.2) is 0 Å². The van der Waals surface area contributed by atoms with Crippen LogP contribution in [0, 0.1) is 0 Å². The van der Waals surface area contributed by atoms with Crippen molar-refractivity contribution in [2.24, 2.45) is 5.73 Å². The molecular weight excluding hydrogens is 477 g/mol. The van der Waals surface area contributed by atoms with Crippen LogP contribution in [0.1, 0.15) is 16.7 Å². The number of alkyl halides is 2. The van der Waals surface area contributed by atoms with Gasteiger partial charge in [-0.1, -0.05) is 77.8 Å². The van der Waals surface area contributed by atoms with E-state index in [0.717, 1.165) is 16.7 Å². The van der Waals surface area contributed by atoms with Crippen molar-refractivity contribution in [3.05, 3.63) is 95.6 Å². The maximum Gasteiger partial charge on any atom is 0.339 e. The molecule has 0 aliphatic rings. The SMILES string of the molecule is COc1ccc(C(OCC(CN)OC(=O)C(Cl)Cl)(c2ccccc2)c2ccc(OC)cc2)cc1. The summed E-state index contributed by atoms with van der Waals surface area (Å²) in [5.74, 6) is 0.649. The number of hydrogen-bond donors (Lipinski definition) is 1. The number of carbonyl (C=O) groups excluding carboxylic acids is 1. The fourth-order valence-corrected chi connectivity index (χ4v) is 3.76. The van der Waals surface area contributed by atoms with Crippen molar-refractivity contribution >= 4 is 29.2 Å². The van der Waals surface area contributed by atoms with Crippen molar-refractivity contribution in [1.82, 2.24) is 0 Å². The van der Waals surface area contributed by atoms with E-state index in [-0.39, 0.29) is 13.2 Å². The predicted molar refractivity (Wildman–Crippen MR) is 133 cm³/mol. The topological polar surface area (TPSA) is 80.0 Å². The molecule has 180 valence electrons. The molecule has 3 aromatic carbocycles. The van der Waals surface area contributed by atoms with Gasteiger partial charge < -0.3 is 24.7 Å². The molecule has 0 saturated carbocycles. The second kappa shape index (κ2) is 12.1. The summed E-state index contributed by atoms with van der Waals surface area (Å²) in [7, 11) is 3.22. The van der Waals surface area contributed by atoms with Gasteiger partial charge in [-0.25, -0.2) is 4.79 Å². The number of methoxy groups -OCH3 is 2. The molecule has 0 spiro atoms. The molecule has 1 unspecified atom stereocenters. The summed E-state index contributed by atoms with van der Waals surface area (Å²) in [5.41, 5.74) is 7.38. The smallest absolute Gasteiger partial charge is 0.339 e. The van der Waals surface area contributed by atoms with E-state index in [1.807, 2.05) is 78.9 Å². The van der Waals surface area contributed by atoms with Crippen molar-refractivity contribution in [3.8, 4) is 11.5 Å². The van der Waals surface area contributed by atoms with Crippen molar-refractivity contribution < 1.29 is 23.7 Å². The zero-order chi connectivity index (χ0) is 24.6. The predicted octanol–water partition coefficient (Wildman–Crippen LogP) is 4.69. The van der Waals surface area contributed by atoms with Crippen LogP contribution in [0.15, 0.2) is 78.9 Å². The lowest BCUT2D eigenvalue weighted by atomic mass is 9.80. The summed E-state index contributed by atoms with van der Waals surface area (Å²) in [6, 6.07) is 25.0. The second-order valence-corrected chi connectivity index (χ2v) is 8.51. The minimum absolute atomic E-state index is 0.00428. The Kier molecular flexibility index (Phi) is 9.19. The molecule has 0 fully saturated rings. The third-order valence-corrected chi connectivity index (χ3v) is 5.74. The molecule has 0 heterocycles. The molecular formula is C26H27Cl2NO5. The van der Waals surface area contributed by atoms with Gasteiger partial charge in [-0.05, 0) is 41.0 Å². The van der Waals surface area contributed by atoms with Crippen molar-refractivity contribution in [1.29, 1.82) is 0 Å². The van der Waals surface area contributed by atoms with Gasteiger partial charge in [-0.3, -0.25) is 0 Å². The lowest BCUT2D eigenvalue weighted by Crippen LogP contribution is -2.39. The molecule has 8 heteroatoms. The molecule has 34 heavy (non-hydrogen) atoms. The van der Waals surface area contributed by atoms with E-state index in [0.29, 0.717) is 11.5 Å². The molecule has 0 saturated heterocycles. The monoisotopic (exact) mass is 503 g/mol. The average molecular weight is 504 g/mol. The molecule has 0 aliphatic carbocycles. The van der Waals surface area contributed by atoms with E-state index in [9.17, 15) is 4.79 Å². The number of rotatable bonds is 11. The van der Waals surface area contributed by atoms with Gasteiger partial charge in [-0.15, -0.1) is 0 Å². The summed E-state index contributed by atoms with van der Waals surface area (Å²) < 4.78 is 22.7. The maximum absolute atomic E-state index is 12.0. The number of esters is 1. The van der Waals surface area contributed by atoms with E-state index in [2.05, 4.69) is 0 Å². The average Bonchev–Trinajstić information content (AvgIpc) is 2.89. The number of carbonyl (C=O) groups is 1. The molecule has 0 aliphatic heterocycles. The van der Waals surface area contributed by atoms with Gasteiger partial charge in [0, 0.05) is 6.54 Å². The van der Waals surface area contributed by atoms with E-state index in [1.54, 1.807) is 14.2 Å².